The molecule has 0 radical (unpaired) electrons. The van der Waals surface area contributed by atoms with Gasteiger partial charge in [0, 0.05) is 20.2 Å². The Hall–Kier alpha value is -1.29. The number of nitrogens with zero attached hydrogens (tertiary/aromatic N) is 1. The molecule has 1 amide bonds. The van der Waals surface area contributed by atoms with Crippen LogP contribution in [-0.2, 0) is 11.3 Å². The zero-order chi connectivity index (χ0) is 14.7. The maximum absolute atomic E-state index is 12.5. The lowest BCUT2D eigenvalue weighted by molar-refractivity contribution is 0.0442. The van der Waals surface area contributed by atoms with Gasteiger partial charge in [0.15, 0.2) is 5.76 Å². The molecular formula is C17H25NO3. The lowest BCUT2D eigenvalue weighted by atomic mass is 9.68. The molecule has 3 rings (SSSR count). The highest BCUT2D eigenvalue weighted by atomic mass is 16.5. The van der Waals surface area contributed by atoms with Crippen LogP contribution in [0.4, 0.5) is 0 Å². The summed E-state index contributed by atoms with van der Waals surface area (Å²) in [6.45, 7) is 2.16. The highest BCUT2D eigenvalue weighted by molar-refractivity contribution is 5.91. The first-order valence-corrected chi connectivity index (χ1v) is 8.09. The fourth-order valence-electron chi connectivity index (χ4n) is 3.85. The van der Waals surface area contributed by atoms with Gasteiger partial charge in [-0.05, 0) is 43.2 Å². The zero-order valence-corrected chi connectivity index (χ0v) is 12.9. The van der Waals surface area contributed by atoms with E-state index in [1.54, 1.807) is 13.2 Å². The van der Waals surface area contributed by atoms with E-state index in [1.807, 2.05) is 11.0 Å². The standard InChI is InChI=1S/C17H25NO3/c1-20-13-14-5-6-15(21-14)16(19)18-11-9-17(10-12-18)7-3-2-4-8-17/h5-6H,2-4,7-13H2,1H3. The van der Waals surface area contributed by atoms with Gasteiger partial charge in [-0.2, -0.15) is 0 Å². The quantitative estimate of drug-likeness (QED) is 0.854. The molecule has 1 aliphatic carbocycles. The number of ether oxygens (including phenoxy) is 1. The Morgan fingerprint density at radius 2 is 1.90 bits per heavy atom. The highest BCUT2D eigenvalue weighted by Gasteiger charge is 2.37. The summed E-state index contributed by atoms with van der Waals surface area (Å²) in [5.41, 5.74) is 0.527. The van der Waals surface area contributed by atoms with Gasteiger partial charge in [-0.1, -0.05) is 19.3 Å². The van der Waals surface area contributed by atoms with Crippen molar-refractivity contribution in [2.75, 3.05) is 20.2 Å². The number of hydrogen-bond donors (Lipinski definition) is 0. The average Bonchev–Trinajstić information content (AvgIpc) is 2.97. The number of rotatable bonds is 3. The van der Waals surface area contributed by atoms with Crippen LogP contribution in [0.2, 0.25) is 0 Å². The van der Waals surface area contributed by atoms with Crippen molar-refractivity contribution in [2.45, 2.75) is 51.6 Å². The predicted octanol–water partition coefficient (Wildman–Crippen LogP) is 3.61. The van der Waals surface area contributed by atoms with Crippen molar-refractivity contribution in [2.24, 2.45) is 5.41 Å². The van der Waals surface area contributed by atoms with Gasteiger partial charge in [-0.25, -0.2) is 0 Å². The molecule has 4 nitrogen and oxygen atoms in total. The summed E-state index contributed by atoms with van der Waals surface area (Å²) < 4.78 is 10.6. The Morgan fingerprint density at radius 1 is 1.19 bits per heavy atom. The molecule has 2 fully saturated rings. The van der Waals surface area contributed by atoms with Crippen LogP contribution < -0.4 is 0 Å². The summed E-state index contributed by atoms with van der Waals surface area (Å²) in [6, 6.07) is 3.59. The maximum atomic E-state index is 12.5. The number of methoxy groups -OCH3 is 1. The molecule has 21 heavy (non-hydrogen) atoms. The van der Waals surface area contributed by atoms with E-state index in [0.29, 0.717) is 23.5 Å². The normalized spacial score (nSPS) is 21.7. The van der Waals surface area contributed by atoms with Gasteiger partial charge in [0.05, 0.1) is 0 Å². The second-order valence-electron chi connectivity index (χ2n) is 6.55. The fraction of sp³-hybridized carbons (Fsp3) is 0.706. The third kappa shape index (κ3) is 3.15. The van der Waals surface area contributed by atoms with Gasteiger partial charge in [-0.3, -0.25) is 4.79 Å². The van der Waals surface area contributed by atoms with Crippen LogP contribution in [0.3, 0.4) is 0 Å². The van der Waals surface area contributed by atoms with Crippen LogP contribution >= 0.6 is 0 Å². The van der Waals surface area contributed by atoms with Gasteiger partial charge in [0.1, 0.15) is 12.4 Å². The molecule has 1 aromatic rings. The lowest BCUT2D eigenvalue weighted by Gasteiger charge is -2.44. The van der Waals surface area contributed by atoms with Crippen molar-refractivity contribution >= 4 is 5.91 Å². The number of piperidine rings is 1. The van der Waals surface area contributed by atoms with Crippen LogP contribution in [0.5, 0.6) is 0 Å². The molecule has 1 aliphatic heterocycles. The van der Waals surface area contributed by atoms with Crippen LogP contribution in [0.25, 0.3) is 0 Å². The minimum Gasteiger partial charge on any atom is -0.453 e. The summed E-state index contributed by atoms with van der Waals surface area (Å²) in [4.78, 5) is 14.4. The molecule has 1 spiro atoms. The molecule has 1 aromatic heterocycles. The predicted molar refractivity (Wildman–Crippen MR) is 80.1 cm³/mol. The third-order valence-electron chi connectivity index (χ3n) is 5.18. The van der Waals surface area contributed by atoms with Crippen molar-refractivity contribution < 1.29 is 13.9 Å². The first kappa shape index (κ1) is 14.6. The van der Waals surface area contributed by atoms with E-state index in [4.69, 9.17) is 9.15 Å². The molecule has 1 saturated carbocycles. The van der Waals surface area contributed by atoms with E-state index in [1.165, 1.54) is 32.1 Å². The summed E-state index contributed by atoms with van der Waals surface area (Å²) >= 11 is 0. The molecule has 0 atom stereocenters. The van der Waals surface area contributed by atoms with Gasteiger partial charge in [0.25, 0.3) is 5.91 Å². The molecule has 4 heteroatoms. The Morgan fingerprint density at radius 3 is 2.57 bits per heavy atom. The molecule has 2 heterocycles. The molecule has 2 aliphatic rings. The minimum atomic E-state index is 0.0306. The van der Waals surface area contributed by atoms with E-state index in [2.05, 4.69) is 0 Å². The molecular weight excluding hydrogens is 266 g/mol. The second kappa shape index (κ2) is 6.22. The van der Waals surface area contributed by atoms with Crippen LogP contribution in [-0.4, -0.2) is 31.0 Å². The van der Waals surface area contributed by atoms with E-state index < -0.39 is 0 Å². The van der Waals surface area contributed by atoms with Crippen LogP contribution in [0.15, 0.2) is 16.5 Å². The molecule has 116 valence electrons. The van der Waals surface area contributed by atoms with Gasteiger partial charge in [-0.15, -0.1) is 0 Å². The number of carbonyl (C=O) groups excluding carboxylic acids is 1. The SMILES string of the molecule is COCc1ccc(C(=O)N2CCC3(CCCCC3)CC2)o1. The summed E-state index contributed by atoms with van der Waals surface area (Å²) in [7, 11) is 1.62. The van der Waals surface area contributed by atoms with Crippen molar-refractivity contribution in [1.29, 1.82) is 0 Å². The smallest absolute Gasteiger partial charge is 0.289 e. The van der Waals surface area contributed by atoms with Gasteiger partial charge in [0.2, 0.25) is 0 Å². The number of amides is 1. The molecule has 0 unspecified atom stereocenters. The molecule has 0 aromatic carbocycles. The van der Waals surface area contributed by atoms with Crippen molar-refractivity contribution in [3.05, 3.63) is 23.7 Å². The largest absolute Gasteiger partial charge is 0.453 e. The van der Waals surface area contributed by atoms with Gasteiger partial charge >= 0.3 is 0 Å². The first-order chi connectivity index (χ1) is 10.2. The van der Waals surface area contributed by atoms with Crippen molar-refractivity contribution in [1.82, 2.24) is 4.90 Å². The van der Waals surface area contributed by atoms with E-state index in [9.17, 15) is 4.79 Å². The molecule has 0 N–H and O–H groups in total. The van der Waals surface area contributed by atoms with Gasteiger partial charge < -0.3 is 14.1 Å². The first-order valence-electron chi connectivity index (χ1n) is 8.09. The summed E-state index contributed by atoms with van der Waals surface area (Å²) in [5.74, 6) is 1.19. The number of carbonyl (C=O) groups is 1. The summed E-state index contributed by atoms with van der Waals surface area (Å²) in [5, 5.41) is 0. The van der Waals surface area contributed by atoms with Crippen LogP contribution in [0, 0.1) is 5.41 Å². The Bertz CT molecular complexity index is 478. The minimum absolute atomic E-state index is 0.0306. The fourth-order valence-corrected chi connectivity index (χ4v) is 3.85. The lowest BCUT2D eigenvalue weighted by Crippen LogP contribution is -2.43. The number of furan rings is 1. The summed E-state index contributed by atoms with van der Waals surface area (Å²) in [6.07, 6.45) is 9.15. The second-order valence-corrected chi connectivity index (χ2v) is 6.55. The Balaban J connectivity index is 1.59. The van der Waals surface area contributed by atoms with Crippen LogP contribution in [0.1, 0.15) is 61.3 Å². The highest BCUT2D eigenvalue weighted by Crippen LogP contribution is 2.44. The third-order valence-corrected chi connectivity index (χ3v) is 5.18. The van der Waals surface area contributed by atoms with E-state index >= 15 is 0 Å². The van der Waals surface area contributed by atoms with Crippen molar-refractivity contribution in [3.63, 3.8) is 0 Å². The number of likely N-dealkylation sites (tertiary alicyclic amines) is 1. The monoisotopic (exact) mass is 291 g/mol. The Kier molecular flexibility index (Phi) is 4.34. The zero-order valence-electron chi connectivity index (χ0n) is 12.9. The van der Waals surface area contributed by atoms with E-state index in [0.717, 1.165) is 25.9 Å². The molecule has 1 saturated heterocycles. The van der Waals surface area contributed by atoms with E-state index in [-0.39, 0.29) is 5.91 Å². The maximum Gasteiger partial charge on any atom is 0.289 e. The topological polar surface area (TPSA) is 42.7 Å². The molecule has 0 bridgehead atoms. The Labute approximate surface area is 126 Å². The average molecular weight is 291 g/mol. The van der Waals surface area contributed by atoms with Crippen molar-refractivity contribution in [3.8, 4) is 0 Å². The number of hydrogen-bond acceptors (Lipinski definition) is 3.